The molecule has 1 saturated heterocycles. The third-order valence-electron chi connectivity index (χ3n) is 3.89. The summed E-state index contributed by atoms with van der Waals surface area (Å²) < 4.78 is 5.24. The van der Waals surface area contributed by atoms with Crippen LogP contribution < -0.4 is 5.32 Å². The smallest absolute Gasteiger partial charge is 0.323 e. The van der Waals surface area contributed by atoms with Gasteiger partial charge in [0.15, 0.2) is 0 Å². The van der Waals surface area contributed by atoms with Gasteiger partial charge in [-0.15, -0.1) is 0 Å². The molecule has 0 aromatic carbocycles. The Morgan fingerprint density at radius 1 is 1.35 bits per heavy atom. The summed E-state index contributed by atoms with van der Waals surface area (Å²) in [7, 11) is 0. The molecule has 0 bridgehead atoms. The van der Waals surface area contributed by atoms with E-state index in [1.165, 1.54) is 19.3 Å². The largest absolute Gasteiger partial charge is 0.465 e. The topological polar surface area (TPSA) is 41.6 Å². The molecule has 0 aromatic rings. The number of ether oxygens (including phenoxy) is 1. The number of nitrogens with zero attached hydrogens (tertiary/aromatic N) is 1. The minimum absolute atomic E-state index is 0.0577. The molecule has 1 aliphatic heterocycles. The maximum absolute atomic E-state index is 12.1. The minimum Gasteiger partial charge on any atom is -0.465 e. The summed E-state index contributed by atoms with van der Waals surface area (Å²) >= 11 is 0. The molecule has 1 N–H and O–H groups in total. The molecule has 1 rings (SSSR count). The molecule has 20 heavy (non-hydrogen) atoms. The van der Waals surface area contributed by atoms with Crippen LogP contribution >= 0.6 is 0 Å². The lowest BCUT2D eigenvalue weighted by Crippen LogP contribution is -2.55. The van der Waals surface area contributed by atoms with Crippen molar-refractivity contribution in [3.63, 3.8) is 0 Å². The third-order valence-corrected chi connectivity index (χ3v) is 3.89. The number of piperidine rings is 1. The van der Waals surface area contributed by atoms with Crippen molar-refractivity contribution in [2.24, 2.45) is 0 Å². The van der Waals surface area contributed by atoms with Crippen LogP contribution in [0.25, 0.3) is 0 Å². The average molecular weight is 284 g/mol. The minimum atomic E-state index is -0.0815. The van der Waals surface area contributed by atoms with Gasteiger partial charge in [-0.05, 0) is 53.5 Å². The summed E-state index contributed by atoms with van der Waals surface area (Å²) in [6.45, 7) is 12.9. The van der Waals surface area contributed by atoms with Crippen molar-refractivity contribution in [1.82, 2.24) is 10.2 Å². The van der Waals surface area contributed by atoms with E-state index in [4.69, 9.17) is 4.74 Å². The predicted octanol–water partition coefficient (Wildman–Crippen LogP) is 2.57. The zero-order valence-corrected chi connectivity index (χ0v) is 13.9. The SMILES string of the molecule is CCOC(=O)C(CC)N1CCCCC1CNC(C)(C)C. The van der Waals surface area contributed by atoms with Gasteiger partial charge in [0, 0.05) is 18.1 Å². The normalized spacial score (nSPS) is 22.6. The summed E-state index contributed by atoms with van der Waals surface area (Å²) in [5.74, 6) is -0.0577. The van der Waals surface area contributed by atoms with E-state index in [9.17, 15) is 4.79 Å². The summed E-state index contributed by atoms with van der Waals surface area (Å²) in [6, 6.07) is 0.361. The van der Waals surface area contributed by atoms with Gasteiger partial charge < -0.3 is 10.1 Å². The quantitative estimate of drug-likeness (QED) is 0.761. The zero-order chi connectivity index (χ0) is 15.2. The van der Waals surface area contributed by atoms with E-state index >= 15 is 0 Å². The van der Waals surface area contributed by atoms with Crippen molar-refractivity contribution in [2.45, 2.75) is 77.9 Å². The Morgan fingerprint density at radius 3 is 2.60 bits per heavy atom. The molecule has 0 spiro atoms. The molecule has 0 aromatic heterocycles. The number of carbonyl (C=O) groups is 1. The Balaban J connectivity index is 2.68. The molecular weight excluding hydrogens is 252 g/mol. The van der Waals surface area contributed by atoms with Crippen molar-refractivity contribution in [3.8, 4) is 0 Å². The number of carbonyl (C=O) groups excluding carboxylic acids is 1. The fourth-order valence-electron chi connectivity index (χ4n) is 2.85. The number of rotatable bonds is 6. The van der Waals surface area contributed by atoms with E-state index in [0.717, 1.165) is 19.5 Å². The van der Waals surface area contributed by atoms with Gasteiger partial charge in [0.2, 0.25) is 0 Å². The molecule has 4 heteroatoms. The van der Waals surface area contributed by atoms with Gasteiger partial charge in [-0.25, -0.2) is 0 Å². The van der Waals surface area contributed by atoms with E-state index in [1.807, 2.05) is 6.92 Å². The Bertz CT molecular complexity index is 299. The van der Waals surface area contributed by atoms with Crippen LogP contribution in [0.2, 0.25) is 0 Å². The predicted molar refractivity (Wildman–Crippen MR) is 82.8 cm³/mol. The lowest BCUT2D eigenvalue weighted by molar-refractivity contribution is -0.151. The van der Waals surface area contributed by atoms with Crippen LogP contribution in [0.1, 0.15) is 60.3 Å². The van der Waals surface area contributed by atoms with Gasteiger partial charge in [0.1, 0.15) is 6.04 Å². The summed E-state index contributed by atoms with van der Waals surface area (Å²) in [5.41, 5.74) is 0.120. The van der Waals surface area contributed by atoms with Gasteiger partial charge in [-0.2, -0.15) is 0 Å². The summed E-state index contributed by atoms with van der Waals surface area (Å²) in [5, 5.41) is 3.58. The highest BCUT2D eigenvalue weighted by Crippen LogP contribution is 2.22. The lowest BCUT2D eigenvalue weighted by atomic mass is 9.97. The highest BCUT2D eigenvalue weighted by molar-refractivity contribution is 5.75. The van der Waals surface area contributed by atoms with Crippen LogP contribution in [0.15, 0.2) is 0 Å². The monoisotopic (exact) mass is 284 g/mol. The fraction of sp³-hybridized carbons (Fsp3) is 0.938. The third kappa shape index (κ3) is 5.41. The molecule has 0 amide bonds. The van der Waals surface area contributed by atoms with Crippen LogP contribution in [0.5, 0.6) is 0 Å². The highest BCUT2D eigenvalue weighted by Gasteiger charge is 2.33. The van der Waals surface area contributed by atoms with Crippen molar-refractivity contribution in [3.05, 3.63) is 0 Å². The molecule has 1 heterocycles. The maximum Gasteiger partial charge on any atom is 0.323 e. The van der Waals surface area contributed by atoms with Crippen molar-refractivity contribution >= 4 is 5.97 Å². The van der Waals surface area contributed by atoms with Gasteiger partial charge in [0.25, 0.3) is 0 Å². The van der Waals surface area contributed by atoms with Gasteiger partial charge in [-0.1, -0.05) is 13.3 Å². The van der Waals surface area contributed by atoms with Crippen molar-refractivity contribution in [2.75, 3.05) is 19.7 Å². The Kier molecular flexibility index (Phi) is 6.96. The molecule has 118 valence electrons. The van der Waals surface area contributed by atoms with E-state index in [-0.39, 0.29) is 17.6 Å². The first-order valence-corrected chi connectivity index (χ1v) is 8.06. The molecule has 2 atom stereocenters. The van der Waals surface area contributed by atoms with E-state index in [0.29, 0.717) is 12.6 Å². The van der Waals surface area contributed by atoms with E-state index < -0.39 is 0 Å². The first-order chi connectivity index (χ1) is 9.39. The molecule has 0 aliphatic carbocycles. The Morgan fingerprint density at radius 2 is 2.05 bits per heavy atom. The molecule has 2 unspecified atom stereocenters. The zero-order valence-electron chi connectivity index (χ0n) is 13.9. The number of esters is 1. The molecule has 0 radical (unpaired) electrons. The second-order valence-electron chi connectivity index (χ2n) is 6.69. The van der Waals surface area contributed by atoms with Crippen molar-refractivity contribution < 1.29 is 9.53 Å². The van der Waals surface area contributed by atoms with Crippen molar-refractivity contribution in [1.29, 1.82) is 0 Å². The van der Waals surface area contributed by atoms with Crippen LogP contribution in [0, 0.1) is 0 Å². The molecular formula is C16H32N2O2. The number of likely N-dealkylation sites (tertiary alicyclic amines) is 1. The number of hydrogen-bond acceptors (Lipinski definition) is 4. The molecule has 4 nitrogen and oxygen atoms in total. The first-order valence-electron chi connectivity index (χ1n) is 8.06. The van der Waals surface area contributed by atoms with E-state index in [1.54, 1.807) is 0 Å². The maximum atomic E-state index is 12.1. The van der Waals surface area contributed by atoms with Gasteiger partial charge in [-0.3, -0.25) is 9.69 Å². The highest BCUT2D eigenvalue weighted by atomic mass is 16.5. The molecule has 1 aliphatic rings. The summed E-state index contributed by atoms with van der Waals surface area (Å²) in [6.07, 6.45) is 4.43. The second kappa shape index (κ2) is 7.99. The first kappa shape index (κ1) is 17.4. The number of nitrogens with one attached hydrogen (secondary N) is 1. The fourth-order valence-corrected chi connectivity index (χ4v) is 2.85. The van der Waals surface area contributed by atoms with Gasteiger partial charge >= 0.3 is 5.97 Å². The number of hydrogen-bond donors (Lipinski definition) is 1. The van der Waals surface area contributed by atoms with Crippen LogP contribution in [-0.2, 0) is 9.53 Å². The standard InChI is InChI=1S/C16H32N2O2/c1-6-14(15(19)20-7-2)18-11-9-8-10-13(18)12-17-16(3,4)5/h13-14,17H,6-12H2,1-5H3. The Labute approximate surface area is 124 Å². The summed E-state index contributed by atoms with van der Waals surface area (Å²) in [4.78, 5) is 14.5. The second-order valence-corrected chi connectivity index (χ2v) is 6.69. The van der Waals surface area contributed by atoms with Crippen LogP contribution in [0.3, 0.4) is 0 Å². The Hall–Kier alpha value is -0.610. The molecule has 1 fully saturated rings. The lowest BCUT2D eigenvalue weighted by Gasteiger charge is -2.41. The van der Waals surface area contributed by atoms with Gasteiger partial charge in [0.05, 0.1) is 6.61 Å². The molecule has 0 saturated carbocycles. The van der Waals surface area contributed by atoms with E-state index in [2.05, 4.69) is 37.9 Å². The average Bonchev–Trinajstić information content (AvgIpc) is 2.38. The van der Waals surface area contributed by atoms with Crippen LogP contribution in [-0.4, -0.2) is 48.2 Å². The van der Waals surface area contributed by atoms with Crippen LogP contribution in [0.4, 0.5) is 0 Å².